The van der Waals surface area contributed by atoms with Crippen molar-refractivity contribution in [2.24, 2.45) is 5.92 Å². The third-order valence-electron chi connectivity index (χ3n) is 10.4. The van der Waals surface area contributed by atoms with Crippen molar-refractivity contribution >= 4 is 11.8 Å². The molecule has 252 valence electrons. The van der Waals surface area contributed by atoms with Gasteiger partial charge in [0.05, 0.1) is 18.3 Å². The van der Waals surface area contributed by atoms with E-state index in [4.69, 9.17) is 14.2 Å². The first-order valence-electron chi connectivity index (χ1n) is 16.7. The summed E-state index contributed by atoms with van der Waals surface area (Å²) in [5.74, 6) is 0.493. The molecule has 1 aliphatic heterocycles. The van der Waals surface area contributed by atoms with E-state index >= 15 is 0 Å². The van der Waals surface area contributed by atoms with E-state index in [0.717, 1.165) is 33.6 Å². The van der Waals surface area contributed by atoms with Crippen LogP contribution >= 0.6 is 0 Å². The smallest absolute Gasteiger partial charge is 0.355 e. The van der Waals surface area contributed by atoms with Gasteiger partial charge in [-0.15, -0.1) is 0 Å². The Balaban J connectivity index is 1.36. The molecule has 5 rings (SSSR count). The molecule has 0 aliphatic carbocycles. The predicted octanol–water partition coefficient (Wildman–Crippen LogP) is 8.93. The summed E-state index contributed by atoms with van der Waals surface area (Å²) in [7, 11) is 1.65. The Kier molecular flexibility index (Phi) is 9.37. The van der Waals surface area contributed by atoms with Crippen LogP contribution in [0.3, 0.4) is 0 Å². The minimum atomic E-state index is -1.37. The molecule has 0 fully saturated rings. The van der Waals surface area contributed by atoms with Crippen LogP contribution in [-0.2, 0) is 21.2 Å². The van der Waals surface area contributed by atoms with Gasteiger partial charge in [-0.1, -0.05) is 96.1 Å². The number of ketones is 1. The second-order valence-corrected chi connectivity index (χ2v) is 14.6. The van der Waals surface area contributed by atoms with Crippen LogP contribution in [0.1, 0.15) is 106 Å². The normalized spacial score (nSPS) is 19.4. The third kappa shape index (κ3) is 6.64. The molecule has 0 bridgehead atoms. The van der Waals surface area contributed by atoms with E-state index in [-0.39, 0.29) is 17.6 Å². The number of esters is 1. The summed E-state index contributed by atoms with van der Waals surface area (Å²) in [5.41, 5.74) is 2.56. The molecule has 1 aliphatic rings. The van der Waals surface area contributed by atoms with E-state index in [1.54, 1.807) is 32.2 Å². The minimum absolute atomic E-state index is 0.0707. The Labute approximate surface area is 285 Å². The van der Waals surface area contributed by atoms with E-state index < -0.39 is 28.5 Å². The molecule has 6 heteroatoms. The summed E-state index contributed by atoms with van der Waals surface area (Å²) < 4.78 is 17.6. The highest BCUT2D eigenvalue weighted by Gasteiger charge is 2.44. The Bertz CT molecular complexity index is 1780. The first-order valence-corrected chi connectivity index (χ1v) is 16.7. The maximum absolute atomic E-state index is 13.7. The minimum Gasteiger partial charge on any atom is -0.497 e. The number of benzene rings is 4. The predicted molar refractivity (Wildman–Crippen MR) is 189 cm³/mol. The van der Waals surface area contributed by atoms with Crippen molar-refractivity contribution in [2.75, 3.05) is 7.11 Å². The number of rotatable bonds is 9. The molecule has 0 saturated heterocycles. The van der Waals surface area contributed by atoms with Gasteiger partial charge in [-0.25, -0.2) is 4.79 Å². The number of hydrogen-bond donors (Lipinski definition) is 1. The van der Waals surface area contributed by atoms with Crippen molar-refractivity contribution in [3.63, 3.8) is 0 Å². The lowest BCUT2D eigenvalue weighted by Gasteiger charge is -2.30. The second-order valence-electron chi connectivity index (χ2n) is 14.6. The molecule has 0 radical (unpaired) electrons. The fourth-order valence-electron chi connectivity index (χ4n) is 6.50. The molecule has 0 amide bonds. The molecule has 4 aromatic rings. The lowest BCUT2D eigenvalue weighted by Crippen LogP contribution is -2.45. The van der Waals surface area contributed by atoms with Crippen LogP contribution < -0.4 is 14.2 Å². The van der Waals surface area contributed by atoms with Gasteiger partial charge in [0, 0.05) is 23.2 Å². The largest absolute Gasteiger partial charge is 0.497 e. The number of aliphatic hydroxyl groups is 1. The average molecular weight is 649 g/mol. The molecule has 4 aromatic carbocycles. The fourth-order valence-corrected chi connectivity index (χ4v) is 6.50. The standard InChI is InChI=1S/C42H48O6/c1-10-41(7,45)31-13-11-28(12-14-31)40(5,6)32-19-24-36-35(25-32)37(43)27(2)26-42(8,48-36)38(44)47-34-22-17-30(18-23-34)39(3,4)29-15-20-33(46-9)21-16-29/h11-25,27,45H,10,26H2,1-9H3. The molecule has 1 N–H and O–H groups in total. The van der Waals surface area contributed by atoms with Gasteiger partial charge >= 0.3 is 5.97 Å². The highest BCUT2D eigenvalue weighted by molar-refractivity contribution is 6.01. The van der Waals surface area contributed by atoms with Crippen molar-refractivity contribution < 1.29 is 28.9 Å². The van der Waals surface area contributed by atoms with Crippen molar-refractivity contribution in [1.29, 1.82) is 0 Å². The zero-order valence-electron chi connectivity index (χ0n) is 29.6. The molecule has 0 aromatic heterocycles. The van der Waals surface area contributed by atoms with E-state index in [2.05, 4.69) is 39.8 Å². The zero-order valence-corrected chi connectivity index (χ0v) is 29.6. The van der Waals surface area contributed by atoms with Gasteiger partial charge in [0.15, 0.2) is 5.78 Å². The molecule has 0 saturated carbocycles. The number of carbonyl (C=O) groups is 2. The Hall–Kier alpha value is -4.42. The van der Waals surface area contributed by atoms with E-state index in [1.807, 2.05) is 81.4 Å². The van der Waals surface area contributed by atoms with Crippen molar-refractivity contribution in [2.45, 2.75) is 90.3 Å². The van der Waals surface area contributed by atoms with Crippen LogP contribution in [0.15, 0.2) is 91.0 Å². The number of fused-ring (bicyclic) bond motifs is 1. The summed E-state index contributed by atoms with van der Waals surface area (Å²) in [5, 5.41) is 10.7. The van der Waals surface area contributed by atoms with Gasteiger partial charge in [-0.05, 0) is 84.5 Å². The molecule has 48 heavy (non-hydrogen) atoms. The Morgan fingerprint density at radius 2 is 1.25 bits per heavy atom. The molecule has 6 nitrogen and oxygen atoms in total. The molecule has 0 spiro atoms. The van der Waals surface area contributed by atoms with Crippen LogP contribution in [0, 0.1) is 5.92 Å². The Morgan fingerprint density at radius 1 is 0.792 bits per heavy atom. The molecule has 3 unspecified atom stereocenters. The highest BCUT2D eigenvalue weighted by Crippen LogP contribution is 2.40. The lowest BCUT2D eigenvalue weighted by molar-refractivity contribution is -0.151. The maximum Gasteiger partial charge on any atom is 0.355 e. The molecule has 1 heterocycles. The van der Waals surface area contributed by atoms with E-state index in [0.29, 0.717) is 23.5 Å². The van der Waals surface area contributed by atoms with Crippen LogP contribution in [0.5, 0.6) is 17.2 Å². The molecular weight excluding hydrogens is 600 g/mol. The van der Waals surface area contributed by atoms with Crippen molar-refractivity contribution in [3.8, 4) is 17.2 Å². The van der Waals surface area contributed by atoms with E-state index in [9.17, 15) is 14.7 Å². The van der Waals surface area contributed by atoms with Gasteiger partial charge in [0.2, 0.25) is 5.60 Å². The quantitative estimate of drug-likeness (QED) is 0.144. The lowest BCUT2D eigenvalue weighted by atomic mass is 9.76. The number of carbonyl (C=O) groups excluding carboxylic acids is 2. The van der Waals surface area contributed by atoms with Gasteiger partial charge in [-0.3, -0.25) is 4.79 Å². The van der Waals surface area contributed by atoms with Gasteiger partial charge < -0.3 is 19.3 Å². The maximum atomic E-state index is 13.7. The van der Waals surface area contributed by atoms with Crippen molar-refractivity contribution in [1.82, 2.24) is 0 Å². The monoisotopic (exact) mass is 648 g/mol. The highest BCUT2D eigenvalue weighted by atomic mass is 16.6. The second kappa shape index (κ2) is 12.9. The summed E-state index contributed by atoms with van der Waals surface area (Å²) in [6.45, 7) is 15.8. The van der Waals surface area contributed by atoms with Crippen LogP contribution in [0.2, 0.25) is 0 Å². The zero-order chi connectivity index (χ0) is 35.1. The number of Topliss-reactive ketones (excluding diaryl/α,β-unsaturated/α-hetero) is 1. The van der Waals surface area contributed by atoms with E-state index in [1.165, 1.54) is 0 Å². The first kappa shape index (κ1) is 34.9. The fraction of sp³-hybridized carbons (Fsp3) is 0.381. The van der Waals surface area contributed by atoms with Gasteiger partial charge in [0.1, 0.15) is 17.2 Å². The average Bonchev–Trinajstić information content (AvgIpc) is 3.17. The summed E-state index contributed by atoms with van der Waals surface area (Å²) in [4.78, 5) is 27.4. The van der Waals surface area contributed by atoms with Crippen molar-refractivity contribution in [3.05, 3.63) is 124 Å². The van der Waals surface area contributed by atoms with Gasteiger partial charge in [0.25, 0.3) is 0 Å². The first-order chi connectivity index (χ1) is 22.5. The number of ether oxygens (including phenoxy) is 3. The number of methoxy groups -OCH3 is 1. The SMILES string of the molecule is CCC(C)(O)c1ccc(C(C)(C)c2ccc3c(c2)C(=O)C(C)CC(C)(C(=O)Oc2ccc(C(C)(C)c4ccc(OC)cc4)cc2)O3)cc1. The van der Waals surface area contributed by atoms with Crippen LogP contribution in [0.25, 0.3) is 0 Å². The topological polar surface area (TPSA) is 82.1 Å². The third-order valence-corrected chi connectivity index (χ3v) is 10.4. The van der Waals surface area contributed by atoms with Crippen LogP contribution in [0.4, 0.5) is 0 Å². The molecule has 3 atom stereocenters. The summed E-state index contributed by atoms with van der Waals surface area (Å²) >= 11 is 0. The van der Waals surface area contributed by atoms with Crippen LogP contribution in [-0.4, -0.2) is 29.6 Å². The summed E-state index contributed by atoms with van der Waals surface area (Å²) in [6.07, 6.45) is 0.794. The Morgan fingerprint density at radius 3 is 1.77 bits per heavy atom. The number of hydrogen-bond acceptors (Lipinski definition) is 6. The summed E-state index contributed by atoms with van der Waals surface area (Å²) in [6, 6.07) is 29.2. The van der Waals surface area contributed by atoms with Gasteiger partial charge in [-0.2, -0.15) is 0 Å². The molecular formula is C42H48O6.